The smallest absolute Gasteiger partial charge is 0.0624 e. The average molecular weight is 258 g/mol. The minimum Gasteiger partial charge on any atom is -0.375 e. The van der Waals surface area contributed by atoms with Gasteiger partial charge in [-0.25, -0.2) is 0 Å². The van der Waals surface area contributed by atoms with Gasteiger partial charge in [0.05, 0.1) is 12.2 Å². The zero-order valence-electron chi connectivity index (χ0n) is 11.3. The van der Waals surface area contributed by atoms with Crippen LogP contribution in [0.3, 0.4) is 0 Å². The Hall–Kier alpha value is -0.930. The maximum Gasteiger partial charge on any atom is 0.0624 e. The third-order valence-corrected chi connectivity index (χ3v) is 5.35. The van der Waals surface area contributed by atoms with E-state index in [2.05, 4.69) is 11.1 Å². The molecule has 19 heavy (non-hydrogen) atoms. The molecule has 1 aliphatic carbocycles. The molecule has 3 heteroatoms. The van der Waals surface area contributed by atoms with Gasteiger partial charge < -0.3 is 10.5 Å². The summed E-state index contributed by atoms with van der Waals surface area (Å²) in [6.07, 6.45) is 10.1. The first kappa shape index (κ1) is 11.9. The average Bonchev–Trinajstić information content (AvgIpc) is 3.08. The van der Waals surface area contributed by atoms with Gasteiger partial charge in [0.25, 0.3) is 0 Å². The Morgan fingerprint density at radius 3 is 3.05 bits per heavy atom. The van der Waals surface area contributed by atoms with Gasteiger partial charge in [-0.05, 0) is 50.2 Å². The lowest BCUT2D eigenvalue weighted by Gasteiger charge is -2.34. The standard InChI is InChI=1S/C16H22N2O/c17-15(13-9-11-6-7-14(13)19-11)12-5-1-3-10-4-2-8-18-16(10)12/h2,4,8,11-15H,1,3,5-7,9,17H2. The Bertz CT molecular complexity index is 476. The molecule has 0 saturated carbocycles. The van der Waals surface area contributed by atoms with Gasteiger partial charge >= 0.3 is 0 Å². The highest BCUT2D eigenvalue weighted by Crippen LogP contribution is 2.44. The fourth-order valence-corrected chi connectivity index (χ4v) is 4.40. The van der Waals surface area contributed by atoms with Crippen molar-refractivity contribution in [3.63, 3.8) is 0 Å². The molecule has 0 aromatic carbocycles. The van der Waals surface area contributed by atoms with Crippen molar-refractivity contribution in [1.29, 1.82) is 0 Å². The minimum absolute atomic E-state index is 0.226. The van der Waals surface area contributed by atoms with E-state index in [1.807, 2.05) is 12.3 Å². The SMILES string of the molecule is NC(C1CCCc2cccnc21)C1CC2CCC1O2. The van der Waals surface area contributed by atoms with Crippen LogP contribution in [-0.4, -0.2) is 23.2 Å². The third-order valence-electron chi connectivity index (χ3n) is 5.35. The summed E-state index contributed by atoms with van der Waals surface area (Å²) < 4.78 is 5.98. The third kappa shape index (κ3) is 1.91. The Morgan fingerprint density at radius 1 is 1.32 bits per heavy atom. The zero-order chi connectivity index (χ0) is 12.8. The van der Waals surface area contributed by atoms with Gasteiger partial charge in [0.1, 0.15) is 0 Å². The molecular formula is C16H22N2O. The first-order chi connectivity index (χ1) is 9.33. The van der Waals surface area contributed by atoms with Gasteiger partial charge in [0.15, 0.2) is 0 Å². The summed E-state index contributed by atoms with van der Waals surface area (Å²) in [4.78, 5) is 4.63. The normalized spacial score (nSPS) is 38.2. The fourth-order valence-electron chi connectivity index (χ4n) is 4.40. The highest BCUT2D eigenvalue weighted by atomic mass is 16.5. The van der Waals surface area contributed by atoms with E-state index in [1.165, 1.54) is 49.8 Å². The van der Waals surface area contributed by atoms with Crippen LogP contribution in [0.2, 0.25) is 0 Å². The number of hydrogen-bond donors (Lipinski definition) is 1. The quantitative estimate of drug-likeness (QED) is 0.886. The summed E-state index contributed by atoms with van der Waals surface area (Å²) in [7, 11) is 0. The Kier molecular flexibility index (Phi) is 2.85. The van der Waals surface area contributed by atoms with E-state index in [4.69, 9.17) is 10.5 Å². The predicted molar refractivity (Wildman–Crippen MR) is 73.9 cm³/mol. The van der Waals surface area contributed by atoms with E-state index in [0.717, 1.165) is 0 Å². The summed E-state index contributed by atoms with van der Waals surface area (Å²) in [6, 6.07) is 4.50. The molecular weight excluding hydrogens is 236 g/mol. The van der Waals surface area contributed by atoms with E-state index in [-0.39, 0.29) is 6.04 Å². The predicted octanol–water partition coefficient (Wildman–Crippen LogP) is 2.40. The number of nitrogens with two attached hydrogens (primary N) is 1. The van der Waals surface area contributed by atoms with Crippen LogP contribution in [0.15, 0.2) is 18.3 Å². The molecule has 2 saturated heterocycles. The molecule has 5 atom stereocenters. The summed E-state index contributed by atoms with van der Waals surface area (Å²) in [5, 5.41) is 0. The Labute approximate surface area is 114 Å². The van der Waals surface area contributed by atoms with Gasteiger partial charge in [0.2, 0.25) is 0 Å². The molecule has 0 amide bonds. The van der Waals surface area contributed by atoms with E-state index in [1.54, 1.807) is 0 Å². The van der Waals surface area contributed by atoms with E-state index in [0.29, 0.717) is 24.0 Å². The zero-order valence-corrected chi connectivity index (χ0v) is 11.3. The van der Waals surface area contributed by atoms with Crippen molar-refractivity contribution < 1.29 is 4.74 Å². The van der Waals surface area contributed by atoms with Gasteiger partial charge in [-0.3, -0.25) is 4.98 Å². The van der Waals surface area contributed by atoms with Crippen LogP contribution in [0.1, 0.15) is 49.3 Å². The lowest BCUT2D eigenvalue weighted by molar-refractivity contribution is 0.0859. The Balaban J connectivity index is 1.59. The van der Waals surface area contributed by atoms with Crippen LogP contribution >= 0.6 is 0 Å². The van der Waals surface area contributed by atoms with Crippen molar-refractivity contribution in [2.24, 2.45) is 11.7 Å². The number of fused-ring (bicyclic) bond motifs is 3. The number of rotatable bonds is 2. The molecule has 2 bridgehead atoms. The summed E-state index contributed by atoms with van der Waals surface area (Å²) in [5.74, 6) is 0.995. The molecule has 4 rings (SSSR count). The number of hydrogen-bond acceptors (Lipinski definition) is 3. The maximum absolute atomic E-state index is 6.64. The molecule has 2 fully saturated rings. The molecule has 5 unspecified atom stereocenters. The molecule has 1 aromatic heterocycles. The van der Waals surface area contributed by atoms with Crippen molar-refractivity contribution in [2.75, 3.05) is 0 Å². The number of pyridine rings is 1. The van der Waals surface area contributed by atoms with Crippen LogP contribution < -0.4 is 5.73 Å². The summed E-state index contributed by atoms with van der Waals surface area (Å²) in [5.41, 5.74) is 9.32. The van der Waals surface area contributed by atoms with Crippen LogP contribution in [0, 0.1) is 5.92 Å². The summed E-state index contributed by atoms with van der Waals surface area (Å²) in [6.45, 7) is 0. The highest BCUT2D eigenvalue weighted by Gasteiger charge is 2.46. The van der Waals surface area contributed by atoms with Gasteiger partial charge in [0, 0.05) is 29.8 Å². The van der Waals surface area contributed by atoms with Gasteiger partial charge in [-0.15, -0.1) is 0 Å². The number of aromatic nitrogens is 1. The molecule has 2 N–H and O–H groups in total. The number of nitrogens with zero attached hydrogens (tertiary/aromatic N) is 1. The van der Waals surface area contributed by atoms with Crippen LogP contribution in [-0.2, 0) is 11.2 Å². The molecule has 0 spiro atoms. The second-order valence-corrected chi connectivity index (χ2v) is 6.40. The van der Waals surface area contributed by atoms with Crippen molar-refractivity contribution in [3.8, 4) is 0 Å². The second kappa shape index (κ2) is 4.57. The summed E-state index contributed by atoms with van der Waals surface area (Å²) >= 11 is 0. The van der Waals surface area contributed by atoms with Crippen molar-refractivity contribution in [2.45, 2.75) is 62.7 Å². The van der Waals surface area contributed by atoms with Crippen molar-refractivity contribution in [1.82, 2.24) is 4.98 Å². The van der Waals surface area contributed by atoms with E-state index >= 15 is 0 Å². The van der Waals surface area contributed by atoms with Gasteiger partial charge in [-0.1, -0.05) is 6.07 Å². The van der Waals surface area contributed by atoms with Crippen molar-refractivity contribution in [3.05, 3.63) is 29.6 Å². The first-order valence-corrected chi connectivity index (χ1v) is 7.68. The first-order valence-electron chi connectivity index (χ1n) is 7.68. The molecule has 102 valence electrons. The molecule has 3 nitrogen and oxygen atoms in total. The lowest BCUT2D eigenvalue weighted by atomic mass is 9.73. The van der Waals surface area contributed by atoms with Crippen LogP contribution in [0.4, 0.5) is 0 Å². The largest absolute Gasteiger partial charge is 0.375 e. The monoisotopic (exact) mass is 258 g/mol. The second-order valence-electron chi connectivity index (χ2n) is 6.40. The molecule has 0 radical (unpaired) electrons. The minimum atomic E-state index is 0.226. The van der Waals surface area contributed by atoms with Crippen LogP contribution in [0.25, 0.3) is 0 Å². The van der Waals surface area contributed by atoms with E-state index in [9.17, 15) is 0 Å². The molecule has 2 aliphatic heterocycles. The number of ether oxygens (including phenoxy) is 1. The molecule has 3 aliphatic rings. The van der Waals surface area contributed by atoms with E-state index < -0.39 is 0 Å². The molecule has 3 heterocycles. The highest BCUT2D eigenvalue weighted by molar-refractivity contribution is 5.27. The van der Waals surface area contributed by atoms with Gasteiger partial charge in [-0.2, -0.15) is 0 Å². The van der Waals surface area contributed by atoms with Crippen molar-refractivity contribution >= 4 is 0 Å². The fraction of sp³-hybridized carbons (Fsp3) is 0.688. The Morgan fingerprint density at radius 2 is 2.26 bits per heavy atom. The topological polar surface area (TPSA) is 48.1 Å². The van der Waals surface area contributed by atoms with Crippen LogP contribution in [0.5, 0.6) is 0 Å². The maximum atomic E-state index is 6.64. The number of aryl methyl sites for hydroxylation is 1. The molecule has 1 aromatic rings. The lowest BCUT2D eigenvalue weighted by Crippen LogP contribution is -2.42.